The molecule has 94 valence electrons. The van der Waals surface area contributed by atoms with Crippen LogP contribution in [0, 0.1) is 6.92 Å². The molecule has 0 radical (unpaired) electrons. The lowest BCUT2D eigenvalue weighted by atomic mass is 10.1. The van der Waals surface area contributed by atoms with Crippen LogP contribution in [-0.2, 0) is 6.42 Å². The summed E-state index contributed by atoms with van der Waals surface area (Å²) in [4.78, 5) is 9.19. The zero-order valence-corrected chi connectivity index (χ0v) is 11.2. The van der Waals surface area contributed by atoms with Crippen LogP contribution in [0.1, 0.15) is 25.1 Å². The molecule has 0 aliphatic heterocycles. The van der Waals surface area contributed by atoms with Gasteiger partial charge in [0.15, 0.2) is 5.82 Å². The summed E-state index contributed by atoms with van der Waals surface area (Å²) in [6.07, 6.45) is 0.916. The lowest BCUT2D eigenvalue weighted by molar-refractivity contribution is 0.997. The Kier molecular flexibility index (Phi) is 3.92. The molecule has 0 fully saturated rings. The Morgan fingerprint density at radius 3 is 2.56 bits per heavy atom. The first-order chi connectivity index (χ1) is 8.74. The van der Waals surface area contributed by atoms with Crippen molar-refractivity contribution >= 4 is 5.82 Å². The maximum atomic E-state index is 4.61. The second-order valence-electron chi connectivity index (χ2n) is 4.27. The van der Waals surface area contributed by atoms with Crippen molar-refractivity contribution in [1.29, 1.82) is 0 Å². The molecule has 0 unspecified atom stereocenters. The first kappa shape index (κ1) is 12.6. The standard InChI is InChI=1S/C15H19N3/c1-4-12-10-14(16-5-2)18-15(17-12)13-9-7-6-8-11(13)3/h6-10H,4-5H2,1-3H3,(H,16,17,18). The third-order valence-corrected chi connectivity index (χ3v) is 2.89. The molecule has 1 aromatic carbocycles. The van der Waals surface area contributed by atoms with E-state index >= 15 is 0 Å². The molecular formula is C15H19N3. The number of rotatable bonds is 4. The van der Waals surface area contributed by atoms with Crippen molar-refractivity contribution in [3.8, 4) is 11.4 Å². The highest BCUT2D eigenvalue weighted by atomic mass is 15.0. The van der Waals surface area contributed by atoms with E-state index in [1.165, 1.54) is 5.56 Å². The molecular weight excluding hydrogens is 222 g/mol. The monoisotopic (exact) mass is 241 g/mol. The van der Waals surface area contributed by atoms with Gasteiger partial charge in [-0.2, -0.15) is 0 Å². The summed E-state index contributed by atoms with van der Waals surface area (Å²) in [6, 6.07) is 10.2. The molecule has 3 nitrogen and oxygen atoms in total. The van der Waals surface area contributed by atoms with Crippen molar-refractivity contribution in [2.75, 3.05) is 11.9 Å². The number of aryl methyl sites for hydroxylation is 2. The Hall–Kier alpha value is -1.90. The molecule has 0 saturated carbocycles. The molecule has 1 N–H and O–H groups in total. The molecule has 2 aromatic rings. The Bertz CT molecular complexity index is 535. The van der Waals surface area contributed by atoms with Crippen LogP contribution >= 0.6 is 0 Å². The van der Waals surface area contributed by atoms with Gasteiger partial charge in [0.25, 0.3) is 0 Å². The van der Waals surface area contributed by atoms with Crippen molar-refractivity contribution in [1.82, 2.24) is 9.97 Å². The van der Waals surface area contributed by atoms with Crippen LogP contribution in [-0.4, -0.2) is 16.5 Å². The zero-order valence-electron chi connectivity index (χ0n) is 11.2. The molecule has 1 heterocycles. The van der Waals surface area contributed by atoms with E-state index in [0.717, 1.165) is 35.9 Å². The first-order valence-corrected chi connectivity index (χ1v) is 6.42. The molecule has 0 amide bonds. The Labute approximate surface area is 108 Å². The lowest BCUT2D eigenvalue weighted by Crippen LogP contribution is -2.04. The van der Waals surface area contributed by atoms with E-state index in [2.05, 4.69) is 48.2 Å². The van der Waals surface area contributed by atoms with Crippen molar-refractivity contribution in [2.45, 2.75) is 27.2 Å². The lowest BCUT2D eigenvalue weighted by Gasteiger charge is -2.09. The molecule has 1 aromatic heterocycles. The summed E-state index contributed by atoms with van der Waals surface area (Å²) in [7, 11) is 0. The van der Waals surface area contributed by atoms with Gasteiger partial charge in [0.05, 0.1) is 0 Å². The molecule has 0 aliphatic rings. The fourth-order valence-corrected chi connectivity index (χ4v) is 1.89. The summed E-state index contributed by atoms with van der Waals surface area (Å²) >= 11 is 0. The third-order valence-electron chi connectivity index (χ3n) is 2.89. The van der Waals surface area contributed by atoms with E-state index in [0.29, 0.717) is 0 Å². The van der Waals surface area contributed by atoms with Gasteiger partial charge in [-0.3, -0.25) is 0 Å². The second kappa shape index (κ2) is 5.63. The minimum atomic E-state index is 0.809. The highest BCUT2D eigenvalue weighted by molar-refractivity contribution is 5.61. The van der Waals surface area contributed by atoms with Gasteiger partial charge in [-0.15, -0.1) is 0 Å². The van der Waals surface area contributed by atoms with Crippen molar-refractivity contribution in [3.05, 3.63) is 41.6 Å². The molecule has 0 spiro atoms. The van der Waals surface area contributed by atoms with E-state index in [1.807, 2.05) is 18.2 Å². The highest BCUT2D eigenvalue weighted by Crippen LogP contribution is 2.21. The predicted molar refractivity (Wildman–Crippen MR) is 75.7 cm³/mol. The van der Waals surface area contributed by atoms with Gasteiger partial charge < -0.3 is 5.32 Å². The third kappa shape index (κ3) is 2.67. The minimum Gasteiger partial charge on any atom is -0.370 e. The summed E-state index contributed by atoms with van der Waals surface area (Å²) in [6.45, 7) is 7.14. The first-order valence-electron chi connectivity index (χ1n) is 6.42. The molecule has 0 saturated heterocycles. The van der Waals surface area contributed by atoms with Crippen LogP contribution in [0.3, 0.4) is 0 Å². The smallest absolute Gasteiger partial charge is 0.162 e. The molecule has 0 aliphatic carbocycles. The number of aromatic nitrogens is 2. The molecule has 3 heteroatoms. The molecule has 0 bridgehead atoms. The van der Waals surface area contributed by atoms with Crippen LogP contribution in [0.25, 0.3) is 11.4 Å². The average Bonchev–Trinajstić information content (AvgIpc) is 2.39. The zero-order chi connectivity index (χ0) is 13.0. The number of nitrogens with one attached hydrogen (secondary N) is 1. The van der Waals surface area contributed by atoms with Crippen LogP contribution in [0.4, 0.5) is 5.82 Å². The van der Waals surface area contributed by atoms with Gasteiger partial charge in [0.2, 0.25) is 0 Å². The summed E-state index contributed by atoms with van der Waals surface area (Å²) in [5, 5.41) is 3.26. The largest absolute Gasteiger partial charge is 0.370 e. The topological polar surface area (TPSA) is 37.8 Å². The molecule has 18 heavy (non-hydrogen) atoms. The molecule has 2 rings (SSSR count). The fourth-order valence-electron chi connectivity index (χ4n) is 1.89. The van der Waals surface area contributed by atoms with Crippen LogP contribution in [0.2, 0.25) is 0 Å². The number of hydrogen-bond donors (Lipinski definition) is 1. The van der Waals surface area contributed by atoms with Crippen LogP contribution in [0.5, 0.6) is 0 Å². The fraction of sp³-hybridized carbons (Fsp3) is 0.333. The van der Waals surface area contributed by atoms with E-state index < -0.39 is 0 Å². The van der Waals surface area contributed by atoms with Gasteiger partial charge in [-0.1, -0.05) is 31.2 Å². The van der Waals surface area contributed by atoms with Gasteiger partial charge in [0, 0.05) is 23.9 Å². The van der Waals surface area contributed by atoms with Gasteiger partial charge in [-0.05, 0) is 25.8 Å². The van der Waals surface area contributed by atoms with E-state index in [1.54, 1.807) is 0 Å². The van der Waals surface area contributed by atoms with Crippen LogP contribution in [0.15, 0.2) is 30.3 Å². The summed E-state index contributed by atoms with van der Waals surface area (Å²) in [5.41, 5.74) is 3.37. The van der Waals surface area contributed by atoms with Crippen LogP contribution < -0.4 is 5.32 Å². The Morgan fingerprint density at radius 1 is 1.11 bits per heavy atom. The van der Waals surface area contributed by atoms with E-state index in [9.17, 15) is 0 Å². The van der Waals surface area contributed by atoms with Crippen molar-refractivity contribution in [3.63, 3.8) is 0 Å². The maximum Gasteiger partial charge on any atom is 0.162 e. The van der Waals surface area contributed by atoms with E-state index in [-0.39, 0.29) is 0 Å². The number of benzene rings is 1. The van der Waals surface area contributed by atoms with Gasteiger partial charge >= 0.3 is 0 Å². The summed E-state index contributed by atoms with van der Waals surface area (Å²) in [5.74, 6) is 1.71. The number of nitrogens with zero attached hydrogens (tertiary/aromatic N) is 2. The van der Waals surface area contributed by atoms with Gasteiger partial charge in [0.1, 0.15) is 5.82 Å². The maximum absolute atomic E-state index is 4.61. The van der Waals surface area contributed by atoms with Crippen molar-refractivity contribution < 1.29 is 0 Å². The number of hydrogen-bond acceptors (Lipinski definition) is 3. The minimum absolute atomic E-state index is 0.809. The normalized spacial score (nSPS) is 10.4. The highest BCUT2D eigenvalue weighted by Gasteiger charge is 2.07. The summed E-state index contributed by atoms with van der Waals surface area (Å²) < 4.78 is 0. The van der Waals surface area contributed by atoms with Crippen molar-refractivity contribution in [2.24, 2.45) is 0 Å². The van der Waals surface area contributed by atoms with E-state index in [4.69, 9.17) is 0 Å². The quantitative estimate of drug-likeness (QED) is 0.891. The Balaban J connectivity index is 2.50. The predicted octanol–water partition coefficient (Wildman–Crippen LogP) is 3.45. The SMILES string of the molecule is CCNc1cc(CC)nc(-c2ccccc2C)n1. The second-order valence-corrected chi connectivity index (χ2v) is 4.27. The Morgan fingerprint density at radius 2 is 1.89 bits per heavy atom. The molecule has 0 atom stereocenters. The average molecular weight is 241 g/mol. The van der Waals surface area contributed by atoms with Gasteiger partial charge in [-0.25, -0.2) is 9.97 Å². The number of anilines is 1.